The van der Waals surface area contributed by atoms with Gasteiger partial charge in [0.05, 0.1) is 12.7 Å². The van der Waals surface area contributed by atoms with E-state index in [-0.39, 0.29) is 6.61 Å². The van der Waals surface area contributed by atoms with Crippen LogP contribution in [0.3, 0.4) is 0 Å². The number of benzene rings is 1. The standard InChI is InChI=1S/C13H18N4OS/c1-19-13-5-3-11(4-6-13)14-9-12-10-17(16-15-12)7-2-8-18/h3-6,10,14,18H,2,7-9H2,1H3. The molecule has 0 spiro atoms. The molecule has 2 N–H and O–H groups in total. The number of hydrogen-bond acceptors (Lipinski definition) is 5. The van der Waals surface area contributed by atoms with E-state index >= 15 is 0 Å². The van der Waals surface area contributed by atoms with Crippen LogP contribution in [-0.2, 0) is 13.1 Å². The first-order valence-electron chi connectivity index (χ1n) is 6.19. The van der Waals surface area contributed by atoms with E-state index in [4.69, 9.17) is 5.11 Å². The third kappa shape index (κ3) is 4.25. The van der Waals surface area contributed by atoms with Gasteiger partial charge in [-0.15, -0.1) is 16.9 Å². The Morgan fingerprint density at radius 2 is 2.11 bits per heavy atom. The third-order valence-corrected chi connectivity index (χ3v) is 3.44. The van der Waals surface area contributed by atoms with Crippen molar-refractivity contribution >= 4 is 17.4 Å². The van der Waals surface area contributed by atoms with Gasteiger partial charge in [0.1, 0.15) is 5.69 Å². The largest absolute Gasteiger partial charge is 0.396 e. The Bertz CT molecular complexity index is 498. The summed E-state index contributed by atoms with van der Waals surface area (Å²) in [6.07, 6.45) is 4.67. The molecule has 0 unspecified atom stereocenters. The van der Waals surface area contributed by atoms with Gasteiger partial charge in [-0.2, -0.15) is 0 Å². The summed E-state index contributed by atoms with van der Waals surface area (Å²) in [6.45, 7) is 1.53. The molecule has 5 nitrogen and oxygen atoms in total. The van der Waals surface area contributed by atoms with Gasteiger partial charge in [-0.1, -0.05) is 5.21 Å². The van der Waals surface area contributed by atoms with Gasteiger partial charge in [-0.05, 0) is 36.9 Å². The minimum absolute atomic E-state index is 0.176. The van der Waals surface area contributed by atoms with Crippen molar-refractivity contribution in [3.05, 3.63) is 36.2 Å². The monoisotopic (exact) mass is 278 g/mol. The van der Waals surface area contributed by atoms with E-state index in [0.717, 1.165) is 11.4 Å². The average molecular weight is 278 g/mol. The lowest BCUT2D eigenvalue weighted by atomic mass is 10.3. The summed E-state index contributed by atoms with van der Waals surface area (Å²) in [6, 6.07) is 8.29. The van der Waals surface area contributed by atoms with Gasteiger partial charge in [-0.3, -0.25) is 4.68 Å². The van der Waals surface area contributed by atoms with Gasteiger partial charge in [-0.25, -0.2) is 0 Å². The quantitative estimate of drug-likeness (QED) is 0.758. The Balaban J connectivity index is 1.85. The molecule has 1 aromatic carbocycles. The normalized spacial score (nSPS) is 10.6. The lowest BCUT2D eigenvalue weighted by Gasteiger charge is -2.04. The van der Waals surface area contributed by atoms with E-state index in [1.54, 1.807) is 16.4 Å². The van der Waals surface area contributed by atoms with Crippen LogP contribution >= 0.6 is 11.8 Å². The zero-order valence-electron chi connectivity index (χ0n) is 10.9. The highest BCUT2D eigenvalue weighted by Gasteiger charge is 2.00. The number of aryl methyl sites for hydroxylation is 1. The second kappa shape index (κ2) is 7.16. The fraction of sp³-hybridized carbons (Fsp3) is 0.385. The lowest BCUT2D eigenvalue weighted by Crippen LogP contribution is -2.01. The summed E-state index contributed by atoms with van der Waals surface area (Å²) < 4.78 is 1.75. The molecule has 6 heteroatoms. The number of aliphatic hydroxyl groups excluding tert-OH is 1. The van der Waals surface area contributed by atoms with Crippen LogP contribution in [-0.4, -0.2) is 33.0 Å². The first-order chi connectivity index (χ1) is 9.31. The van der Waals surface area contributed by atoms with Crippen molar-refractivity contribution in [3.8, 4) is 0 Å². The minimum atomic E-state index is 0.176. The van der Waals surface area contributed by atoms with E-state index in [1.807, 2.05) is 6.20 Å². The summed E-state index contributed by atoms with van der Waals surface area (Å²) in [5.74, 6) is 0. The lowest BCUT2D eigenvalue weighted by molar-refractivity contribution is 0.276. The number of nitrogens with one attached hydrogen (secondary N) is 1. The number of thioether (sulfide) groups is 1. The van der Waals surface area contributed by atoms with Crippen LogP contribution in [0, 0.1) is 0 Å². The van der Waals surface area contributed by atoms with E-state index < -0.39 is 0 Å². The number of aromatic nitrogens is 3. The molecule has 0 aliphatic heterocycles. The van der Waals surface area contributed by atoms with Crippen molar-refractivity contribution in [2.75, 3.05) is 18.2 Å². The van der Waals surface area contributed by atoms with Crippen LogP contribution in [0.4, 0.5) is 5.69 Å². The summed E-state index contributed by atoms with van der Waals surface area (Å²) in [5.41, 5.74) is 1.97. The second-order valence-electron chi connectivity index (χ2n) is 4.13. The zero-order chi connectivity index (χ0) is 13.5. The Morgan fingerprint density at radius 1 is 1.32 bits per heavy atom. The average Bonchev–Trinajstić information content (AvgIpc) is 2.91. The van der Waals surface area contributed by atoms with E-state index in [2.05, 4.69) is 46.2 Å². The molecule has 19 heavy (non-hydrogen) atoms. The Kier molecular flexibility index (Phi) is 5.23. The van der Waals surface area contributed by atoms with Gasteiger partial charge < -0.3 is 10.4 Å². The summed E-state index contributed by atoms with van der Waals surface area (Å²) in [7, 11) is 0. The number of rotatable bonds is 7. The van der Waals surface area contributed by atoms with Crippen molar-refractivity contribution in [2.45, 2.75) is 24.4 Å². The van der Waals surface area contributed by atoms with Crippen molar-refractivity contribution in [3.63, 3.8) is 0 Å². The molecule has 0 amide bonds. The molecule has 0 bridgehead atoms. The molecule has 0 saturated carbocycles. The van der Waals surface area contributed by atoms with Crippen LogP contribution in [0.5, 0.6) is 0 Å². The van der Waals surface area contributed by atoms with Gasteiger partial charge in [0, 0.05) is 23.7 Å². The van der Waals surface area contributed by atoms with Gasteiger partial charge in [0.2, 0.25) is 0 Å². The summed E-state index contributed by atoms with van der Waals surface area (Å²) in [4.78, 5) is 1.25. The van der Waals surface area contributed by atoms with Crippen molar-refractivity contribution in [2.24, 2.45) is 0 Å². The van der Waals surface area contributed by atoms with Crippen molar-refractivity contribution < 1.29 is 5.11 Å². The van der Waals surface area contributed by atoms with Crippen molar-refractivity contribution in [1.82, 2.24) is 15.0 Å². The highest BCUT2D eigenvalue weighted by Crippen LogP contribution is 2.17. The SMILES string of the molecule is CSc1ccc(NCc2cn(CCCO)nn2)cc1. The smallest absolute Gasteiger partial charge is 0.102 e. The first-order valence-corrected chi connectivity index (χ1v) is 7.42. The van der Waals surface area contributed by atoms with Gasteiger partial charge >= 0.3 is 0 Å². The van der Waals surface area contributed by atoms with E-state index in [1.165, 1.54) is 4.90 Å². The maximum Gasteiger partial charge on any atom is 0.102 e. The van der Waals surface area contributed by atoms with E-state index in [0.29, 0.717) is 19.5 Å². The fourth-order valence-corrected chi connectivity index (χ4v) is 2.07. The minimum Gasteiger partial charge on any atom is -0.396 e. The van der Waals surface area contributed by atoms with Crippen LogP contribution in [0.1, 0.15) is 12.1 Å². The van der Waals surface area contributed by atoms with E-state index in [9.17, 15) is 0 Å². The number of nitrogens with zero attached hydrogens (tertiary/aromatic N) is 3. The molecule has 102 valence electrons. The van der Waals surface area contributed by atoms with Gasteiger partial charge in [0.15, 0.2) is 0 Å². The first kappa shape index (κ1) is 13.9. The highest BCUT2D eigenvalue weighted by molar-refractivity contribution is 7.98. The Morgan fingerprint density at radius 3 is 2.79 bits per heavy atom. The molecule has 1 aromatic heterocycles. The van der Waals surface area contributed by atoms with Crippen LogP contribution < -0.4 is 5.32 Å². The molecule has 2 rings (SSSR count). The predicted octanol–water partition coefficient (Wildman–Crippen LogP) is 1.99. The summed E-state index contributed by atoms with van der Waals surface area (Å²) in [5, 5.41) is 20.1. The molecule has 1 heterocycles. The topological polar surface area (TPSA) is 63.0 Å². The Hall–Kier alpha value is -1.53. The predicted molar refractivity (Wildman–Crippen MR) is 77.3 cm³/mol. The summed E-state index contributed by atoms with van der Waals surface area (Å²) >= 11 is 1.73. The molecule has 0 saturated heterocycles. The number of hydrogen-bond donors (Lipinski definition) is 2. The molecule has 2 aromatic rings. The number of anilines is 1. The Labute approximate surface area is 117 Å². The van der Waals surface area contributed by atoms with Crippen LogP contribution in [0.2, 0.25) is 0 Å². The van der Waals surface area contributed by atoms with Crippen molar-refractivity contribution in [1.29, 1.82) is 0 Å². The third-order valence-electron chi connectivity index (χ3n) is 2.70. The zero-order valence-corrected chi connectivity index (χ0v) is 11.7. The maximum absolute atomic E-state index is 8.75. The molecule has 0 atom stereocenters. The molecule has 0 aliphatic rings. The molecule has 0 fully saturated rings. The highest BCUT2D eigenvalue weighted by atomic mass is 32.2. The number of aliphatic hydroxyl groups is 1. The van der Waals surface area contributed by atoms with Crippen LogP contribution in [0.25, 0.3) is 0 Å². The molecular weight excluding hydrogens is 260 g/mol. The molecular formula is C13H18N4OS. The molecule has 0 aliphatic carbocycles. The second-order valence-corrected chi connectivity index (χ2v) is 5.01. The fourth-order valence-electron chi connectivity index (χ4n) is 1.66. The maximum atomic E-state index is 8.75. The van der Waals surface area contributed by atoms with Crippen LogP contribution in [0.15, 0.2) is 35.4 Å². The van der Waals surface area contributed by atoms with Gasteiger partial charge in [0.25, 0.3) is 0 Å². The molecule has 0 radical (unpaired) electrons.